The molecule has 1 aliphatic heterocycles. The fraction of sp³-hybridized carbons (Fsp3) is 0.529. The number of benzene rings is 1. The maximum Gasteiger partial charge on any atom is 0.395 e. The van der Waals surface area contributed by atoms with E-state index in [4.69, 9.17) is 16.3 Å². The summed E-state index contributed by atoms with van der Waals surface area (Å²) in [5.74, 6) is -4.09. The van der Waals surface area contributed by atoms with E-state index >= 15 is 0 Å². The summed E-state index contributed by atoms with van der Waals surface area (Å²) in [6.45, 7) is 1.89. The molecule has 0 aliphatic carbocycles. The van der Waals surface area contributed by atoms with Crippen molar-refractivity contribution in [2.45, 2.75) is 31.7 Å². The van der Waals surface area contributed by atoms with Crippen molar-refractivity contribution in [3.8, 4) is 5.75 Å². The summed E-state index contributed by atoms with van der Waals surface area (Å²) >= 11 is 5.34. The van der Waals surface area contributed by atoms with Gasteiger partial charge in [0.15, 0.2) is 5.60 Å². The molecule has 0 saturated carbocycles. The lowest BCUT2D eigenvalue weighted by Crippen LogP contribution is -2.49. The van der Waals surface area contributed by atoms with Crippen molar-refractivity contribution in [1.82, 2.24) is 10.2 Å². The SMILES string of the molecule is CC(C)(Oc1ccc(F)cc1)C(=O)N1C[C@@H](C(F)(F)F)[C@H](NC(=O)CCl)C1. The van der Waals surface area contributed by atoms with Gasteiger partial charge in [-0.1, -0.05) is 0 Å². The highest BCUT2D eigenvalue weighted by Crippen LogP contribution is 2.35. The van der Waals surface area contributed by atoms with E-state index in [9.17, 15) is 27.2 Å². The molecule has 5 nitrogen and oxygen atoms in total. The number of halogens is 5. The molecule has 0 aromatic heterocycles. The van der Waals surface area contributed by atoms with Crippen molar-refractivity contribution in [3.05, 3.63) is 30.1 Å². The van der Waals surface area contributed by atoms with Crippen molar-refractivity contribution in [2.24, 2.45) is 5.92 Å². The van der Waals surface area contributed by atoms with Crippen LogP contribution < -0.4 is 10.1 Å². The van der Waals surface area contributed by atoms with Gasteiger partial charge in [-0.2, -0.15) is 13.2 Å². The second-order valence-corrected chi connectivity index (χ2v) is 7.00. The maximum absolute atomic E-state index is 13.3. The fourth-order valence-electron chi connectivity index (χ4n) is 2.91. The van der Waals surface area contributed by atoms with Gasteiger partial charge >= 0.3 is 6.18 Å². The molecule has 1 heterocycles. The normalized spacial score (nSPS) is 20.5. The Kier molecular flexibility index (Phi) is 6.24. The molecule has 1 fully saturated rings. The van der Waals surface area contributed by atoms with Crippen LogP contribution in [0.5, 0.6) is 5.75 Å². The minimum atomic E-state index is -4.60. The minimum absolute atomic E-state index is 0.202. The molecule has 27 heavy (non-hydrogen) atoms. The van der Waals surface area contributed by atoms with Crippen molar-refractivity contribution < 1.29 is 31.9 Å². The molecule has 0 unspecified atom stereocenters. The number of nitrogens with zero attached hydrogens (tertiary/aromatic N) is 1. The first-order chi connectivity index (χ1) is 12.4. The summed E-state index contributed by atoms with van der Waals surface area (Å²) in [7, 11) is 0. The molecule has 2 rings (SSSR count). The highest BCUT2D eigenvalue weighted by molar-refractivity contribution is 6.27. The number of alkyl halides is 4. The third kappa shape index (κ3) is 5.24. The van der Waals surface area contributed by atoms with Gasteiger partial charge in [-0.3, -0.25) is 9.59 Å². The van der Waals surface area contributed by atoms with Crippen LogP contribution in [0.25, 0.3) is 0 Å². The average molecular weight is 411 g/mol. The number of likely N-dealkylation sites (tertiary alicyclic amines) is 1. The van der Waals surface area contributed by atoms with Crippen LogP contribution >= 0.6 is 11.6 Å². The largest absolute Gasteiger partial charge is 0.478 e. The van der Waals surface area contributed by atoms with Crippen molar-refractivity contribution in [2.75, 3.05) is 19.0 Å². The van der Waals surface area contributed by atoms with Gasteiger partial charge in [-0.05, 0) is 38.1 Å². The third-order valence-corrected chi connectivity index (χ3v) is 4.44. The zero-order valence-electron chi connectivity index (χ0n) is 14.6. The first-order valence-electron chi connectivity index (χ1n) is 8.10. The highest BCUT2D eigenvalue weighted by Gasteiger charge is 2.52. The molecule has 1 saturated heterocycles. The average Bonchev–Trinajstić information content (AvgIpc) is 2.99. The maximum atomic E-state index is 13.3. The Balaban J connectivity index is 2.14. The van der Waals surface area contributed by atoms with Gasteiger partial charge in [0.2, 0.25) is 5.91 Å². The van der Waals surface area contributed by atoms with Crippen molar-refractivity contribution >= 4 is 23.4 Å². The summed E-state index contributed by atoms with van der Waals surface area (Å²) in [6.07, 6.45) is -4.60. The van der Waals surface area contributed by atoms with Crippen LogP contribution in [-0.4, -0.2) is 53.5 Å². The van der Waals surface area contributed by atoms with Crippen LogP contribution in [-0.2, 0) is 9.59 Å². The smallest absolute Gasteiger partial charge is 0.395 e. The van der Waals surface area contributed by atoms with E-state index in [1.54, 1.807) is 0 Å². The Bertz CT molecular complexity index is 694. The molecule has 2 amide bonds. The van der Waals surface area contributed by atoms with E-state index in [0.29, 0.717) is 0 Å². The molecule has 1 aromatic rings. The molecule has 1 aliphatic rings. The Morgan fingerprint density at radius 2 is 1.81 bits per heavy atom. The van der Waals surface area contributed by atoms with Crippen LogP contribution in [0.15, 0.2) is 24.3 Å². The molecule has 0 spiro atoms. The highest BCUT2D eigenvalue weighted by atomic mass is 35.5. The van der Waals surface area contributed by atoms with Gasteiger partial charge < -0.3 is 15.0 Å². The van der Waals surface area contributed by atoms with Crippen molar-refractivity contribution in [3.63, 3.8) is 0 Å². The Morgan fingerprint density at radius 1 is 1.22 bits per heavy atom. The van der Waals surface area contributed by atoms with E-state index in [1.807, 2.05) is 0 Å². The minimum Gasteiger partial charge on any atom is -0.478 e. The lowest BCUT2D eigenvalue weighted by molar-refractivity contribution is -0.176. The molecule has 0 bridgehead atoms. The summed E-state index contributed by atoms with van der Waals surface area (Å²) < 4.78 is 58.4. The molecule has 0 radical (unpaired) electrons. The third-order valence-electron chi connectivity index (χ3n) is 4.20. The fourth-order valence-corrected chi connectivity index (χ4v) is 2.99. The molecular formula is C17H19ClF4N2O3. The van der Waals surface area contributed by atoms with Crippen LogP contribution in [0.4, 0.5) is 17.6 Å². The molecular weight excluding hydrogens is 392 g/mol. The van der Waals surface area contributed by atoms with Crippen LogP contribution in [0.3, 0.4) is 0 Å². The van der Waals surface area contributed by atoms with Gasteiger partial charge in [0.25, 0.3) is 5.91 Å². The lowest BCUT2D eigenvalue weighted by atomic mass is 10.0. The zero-order chi connectivity index (χ0) is 20.4. The number of rotatable bonds is 5. The number of nitrogens with one attached hydrogen (secondary N) is 1. The van der Waals surface area contributed by atoms with Gasteiger partial charge in [0.05, 0.1) is 12.0 Å². The predicted octanol–water partition coefficient (Wildman–Crippen LogP) is 2.73. The van der Waals surface area contributed by atoms with Gasteiger partial charge in [-0.25, -0.2) is 4.39 Å². The van der Waals surface area contributed by atoms with Crippen LogP contribution in [0.1, 0.15) is 13.8 Å². The Labute approximate surface area is 158 Å². The number of hydrogen-bond donors (Lipinski definition) is 1. The number of carbonyl (C=O) groups is 2. The second-order valence-electron chi connectivity index (χ2n) is 6.73. The Hall–Kier alpha value is -2.03. The van der Waals surface area contributed by atoms with E-state index < -0.39 is 53.8 Å². The monoisotopic (exact) mass is 410 g/mol. The molecule has 1 aromatic carbocycles. The van der Waals surface area contributed by atoms with Gasteiger partial charge in [0.1, 0.15) is 17.4 Å². The van der Waals surface area contributed by atoms with E-state index in [2.05, 4.69) is 5.32 Å². The summed E-state index contributed by atoms with van der Waals surface area (Å²) in [4.78, 5) is 25.1. The first-order valence-corrected chi connectivity index (χ1v) is 8.63. The quantitative estimate of drug-likeness (QED) is 0.600. The predicted molar refractivity (Wildman–Crippen MR) is 89.9 cm³/mol. The summed E-state index contributed by atoms with van der Waals surface area (Å²) in [5, 5.41) is 2.21. The molecule has 150 valence electrons. The van der Waals surface area contributed by atoms with Crippen LogP contribution in [0, 0.1) is 11.7 Å². The zero-order valence-corrected chi connectivity index (χ0v) is 15.4. The summed E-state index contributed by atoms with van der Waals surface area (Å²) in [6, 6.07) is 3.63. The Morgan fingerprint density at radius 3 is 2.33 bits per heavy atom. The van der Waals surface area contributed by atoms with E-state index in [1.165, 1.54) is 26.0 Å². The van der Waals surface area contributed by atoms with Crippen LogP contribution in [0.2, 0.25) is 0 Å². The molecule has 2 atom stereocenters. The molecule has 10 heteroatoms. The number of amides is 2. The first kappa shape index (κ1) is 21.3. The van der Waals surface area contributed by atoms with Gasteiger partial charge in [-0.15, -0.1) is 11.6 Å². The number of ether oxygens (including phenoxy) is 1. The second kappa shape index (κ2) is 7.92. The lowest BCUT2D eigenvalue weighted by Gasteiger charge is -2.30. The number of hydrogen-bond acceptors (Lipinski definition) is 3. The van der Waals surface area contributed by atoms with Gasteiger partial charge in [0, 0.05) is 13.1 Å². The summed E-state index contributed by atoms with van der Waals surface area (Å²) in [5.41, 5.74) is -1.49. The van der Waals surface area contributed by atoms with E-state index in [0.717, 1.165) is 17.0 Å². The standard InChI is InChI=1S/C17H19ClF4N2O3/c1-16(2,27-11-5-3-10(19)4-6-11)15(26)24-8-12(17(20,21)22)13(9-24)23-14(25)7-18/h3-6,12-13H,7-9H2,1-2H3,(H,23,25)/t12-,13-/m1/s1. The molecule has 1 N–H and O–H groups in total. The van der Waals surface area contributed by atoms with Crippen molar-refractivity contribution in [1.29, 1.82) is 0 Å². The topological polar surface area (TPSA) is 58.6 Å². The van der Waals surface area contributed by atoms with E-state index in [-0.39, 0.29) is 12.3 Å². The number of carbonyl (C=O) groups excluding carboxylic acids is 2.